The van der Waals surface area contributed by atoms with Crippen molar-refractivity contribution in [2.75, 3.05) is 0 Å². The normalized spacial score (nSPS) is 19.4. The smallest absolute Gasteiger partial charge is 0.0354 e. The van der Waals surface area contributed by atoms with Crippen LogP contribution in [0.25, 0.3) is 11.1 Å². The van der Waals surface area contributed by atoms with Gasteiger partial charge in [-0.05, 0) is 64.6 Å². The lowest BCUT2D eigenvalue weighted by molar-refractivity contribution is 0.791. The van der Waals surface area contributed by atoms with Crippen LogP contribution in [0.4, 0.5) is 3.89 Å². The van der Waals surface area contributed by atoms with E-state index in [-0.39, 0.29) is 5.25 Å². The third-order valence-electron chi connectivity index (χ3n) is 5.59. The summed E-state index contributed by atoms with van der Waals surface area (Å²) >= 11 is 0. The molecule has 0 spiro atoms. The first-order valence-electron chi connectivity index (χ1n) is 9.74. The standard InChI is InChI=1S/C24H30FNS/c1-5-17(3)12-19-13-22-15-21(20-10-8-7-9-11-20)16-24(23(22)14-19)27(25,26)18(4)6-2/h7-12,15-16,18H,3,5-6,13-14,26H2,1-2,4H3/b19-12-. The first kappa shape index (κ1) is 19.9. The van der Waals surface area contributed by atoms with E-state index >= 15 is 3.89 Å². The molecule has 2 unspecified atom stereocenters. The van der Waals surface area contributed by atoms with Crippen molar-refractivity contribution >= 4 is 10.6 Å². The third-order valence-corrected chi connectivity index (χ3v) is 8.13. The Hall–Kier alpha value is -1.84. The predicted octanol–water partition coefficient (Wildman–Crippen LogP) is 7.07. The molecular formula is C24H30FNS. The molecular weight excluding hydrogens is 353 g/mol. The van der Waals surface area contributed by atoms with Crippen molar-refractivity contribution < 1.29 is 3.89 Å². The summed E-state index contributed by atoms with van der Waals surface area (Å²) in [4.78, 5) is 0.735. The maximum Gasteiger partial charge on any atom is 0.0354 e. The van der Waals surface area contributed by atoms with Crippen LogP contribution in [0.5, 0.6) is 0 Å². The van der Waals surface area contributed by atoms with Crippen LogP contribution in [0.15, 0.2) is 71.2 Å². The zero-order chi connectivity index (χ0) is 19.6. The molecule has 1 aliphatic carbocycles. The first-order valence-corrected chi connectivity index (χ1v) is 11.4. The largest absolute Gasteiger partial charge is 0.267 e. The van der Waals surface area contributed by atoms with Gasteiger partial charge in [0, 0.05) is 10.1 Å². The van der Waals surface area contributed by atoms with E-state index in [0.717, 1.165) is 52.8 Å². The van der Waals surface area contributed by atoms with Gasteiger partial charge in [0.2, 0.25) is 0 Å². The molecule has 0 amide bonds. The van der Waals surface area contributed by atoms with Gasteiger partial charge < -0.3 is 0 Å². The molecule has 0 saturated heterocycles. The minimum Gasteiger partial charge on any atom is -0.267 e. The molecule has 3 rings (SSSR count). The van der Waals surface area contributed by atoms with E-state index in [4.69, 9.17) is 5.14 Å². The molecule has 0 aromatic heterocycles. The van der Waals surface area contributed by atoms with Crippen LogP contribution >= 0.6 is 10.6 Å². The summed E-state index contributed by atoms with van der Waals surface area (Å²) in [5.74, 6) is 0. The fourth-order valence-corrected chi connectivity index (χ4v) is 5.43. The van der Waals surface area contributed by atoms with Crippen LogP contribution < -0.4 is 5.14 Å². The number of rotatable bonds is 6. The van der Waals surface area contributed by atoms with Gasteiger partial charge in [-0.25, -0.2) is 0 Å². The quantitative estimate of drug-likeness (QED) is 0.567. The zero-order valence-corrected chi connectivity index (χ0v) is 17.4. The molecule has 2 N–H and O–H groups in total. The molecule has 2 aromatic rings. The van der Waals surface area contributed by atoms with E-state index in [1.165, 1.54) is 11.1 Å². The SMILES string of the molecule is C=C(/C=C1/Cc2cc(-c3ccccc3)cc(S(N)(F)C(C)CC)c2C1)CC. The van der Waals surface area contributed by atoms with Crippen LogP contribution in [0, 0.1) is 0 Å². The molecule has 0 saturated carbocycles. The Kier molecular flexibility index (Phi) is 5.92. The Morgan fingerprint density at radius 3 is 2.52 bits per heavy atom. The molecule has 3 heteroatoms. The fraction of sp³-hybridized carbons (Fsp3) is 0.333. The van der Waals surface area contributed by atoms with Gasteiger partial charge in [0.05, 0.1) is 0 Å². The summed E-state index contributed by atoms with van der Waals surface area (Å²) in [6, 6.07) is 14.4. The lowest BCUT2D eigenvalue weighted by atomic mass is 10.0. The van der Waals surface area contributed by atoms with Crippen LogP contribution in [-0.4, -0.2) is 5.25 Å². The average molecular weight is 384 g/mol. The molecule has 1 nitrogen and oxygen atoms in total. The van der Waals surface area contributed by atoms with E-state index in [9.17, 15) is 0 Å². The molecule has 27 heavy (non-hydrogen) atoms. The predicted molar refractivity (Wildman–Crippen MR) is 118 cm³/mol. The maximum absolute atomic E-state index is 15.8. The van der Waals surface area contributed by atoms with Gasteiger partial charge in [0.1, 0.15) is 0 Å². The molecule has 1 aliphatic rings. The topological polar surface area (TPSA) is 26.0 Å². The van der Waals surface area contributed by atoms with Gasteiger partial charge in [-0.1, -0.05) is 81.0 Å². The van der Waals surface area contributed by atoms with E-state index in [1.807, 2.05) is 38.1 Å². The van der Waals surface area contributed by atoms with Crippen LogP contribution in [0.3, 0.4) is 0 Å². The number of nitrogens with two attached hydrogens (primary N) is 1. The minimum absolute atomic E-state index is 0.161. The highest BCUT2D eigenvalue weighted by molar-refractivity contribution is 8.28. The molecule has 0 radical (unpaired) electrons. The highest BCUT2D eigenvalue weighted by Gasteiger charge is 2.33. The molecule has 0 bridgehead atoms. The molecule has 0 heterocycles. The van der Waals surface area contributed by atoms with Crippen LogP contribution in [0.1, 0.15) is 44.7 Å². The van der Waals surface area contributed by atoms with Gasteiger partial charge in [0.25, 0.3) is 0 Å². The Labute approximate surface area is 164 Å². The monoisotopic (exact) mass is 383 g/mol. The Bertz CT molecular complexity index is 867. The summed E-state index contributed by atoms with van der Waals surface area (Å²) in [6.45, 7) is 10.2. The number of allylic oxidation sites excluding steroid dienone is 3. The highest BCUT2D eigenvalue weighted by Crippen LogP contribution is 2.59. The Morgan fingerprint density at radius 2 is 1.89 bits per heavy atom. The highest BCUT2D eigenvalue weighted by atomic mass is 32.3. The van der Waals surface area contributed by atoms with Crippen molar-refractivity contribution in [2.45, 2.75) is 56.6 Å². The molecule has 2 atom stereocenters. The van der Waals surface area contributed by atoms with E-state index in [1.54, 1.807) is 0 Å². The minimum atomic E-state index is -2.85. The second-order valence-corrected chi connectivity index (χ2v) is 9.99. The average Bonchev–Trinajstić information content (AvgIpc) is 3.08. The van der Waals surface area contributed by atoms with Crippen molar-refractivity contribution in [2.24, 2.45) is 5.14 Å². The van der Waals surface area contributed by atoms with Gasteiger partial charge in [-0.15, -0.1) is 0 Å². The van der Waals surface area contributed by atoms with E-state index < -0.39 is 10.6 Å². The van der Waals surface area contributed by atoms with Gasteiger partial charge in [-0.3, -0.25) is 5.14 Å². The third kappa shape index (κ3) is 4.04. The van der Waals surface area contributed by atoms with Crippen LogP contribution in [-0.2, 0) is 12.8 Å². The van der Waals surface area contributed by atoms with Crippen molar-refractivity contribution in [3.63, 3.8) is 0 Å². The second-order valence-electron chi connectivity index (χ2n) is 7.49. The van der Waals surface area contributed by atoms with E-state index in [2.05, 4.69) is 37.8 Å². The summed E-state index contributed by atoms with van der Waals surface area (Å²) in [5, 5.41) is 6.20. The lowest BCUT2D eigenvalue weighted by Gasteiger charge is -2.34. The van der Waals surface area contributed by atoms with Crippen molar-refractivity contribution in [3.05, 3.63) is 77.4 Å². The number of benzene rings is 2. The van der Waals surface area contributed by atoms with Crippen molar-refractivity contribution in [3.8, 4) is 11.1 Å². The zero-order valence-electron chi connectivity index (χ0n) is 16.6. The summed E-state index contributed by atoms with van der Waals surface area (Å²) in [6.07, 6.45) is 5.50. The first-order chi connectivity index (χ1) is 12.9. The Balaban J connectivity index is 2.14. The second kappa shape index (κ2) is 8.04. The molecule has 0 aliphatic heterocycles. The van der Waals surface area contributed by atoms with Gasteiger partial charge >= 0.3 is 0 Å². The number of hydrogen-bond acceptors (Lipinski definition) is 1. The van der Waals surface area contributed by atoms with Crippen molar-refractivity contribution in [1.82, 2.24) is 0 Å². The molecule has 0 fully saturated rings. The van der Waals surface area contributed by atoms with Gasteiger partial charge in [-0.2, -0.15) is 3.89 Å². The van der Waals surface area contributed by atoms with Crippen molar-refractivity contribution in [1.29, 1.82) is 0 Å². The lowest BCUT2D eigenvalue weighted by Crippen LogP contribution is -2.20. The molecule has 144 valence electrons. The summed E-state index contributed by atoms with van der Waals surface area (Å²) in [5.41, 5.74) is 6.91. The van der Waals surface area contributed by atoms with Crippen LogP contribution in [0.2, 0.25) is 0 Å². The number of halogens is 1. The number of fused-ring (bicyclic) bond motifs is 1. The Morgan fingerprint density at radius 1 is 1.19 bits per heavy atom. The molecule has 2 aromatic carbocycles. The van der Waals surface area contributed by atoms with E-state index in [0.29, 0.717) is 0 Å². The maximum atomic E-state index is 15.8. The number of hydrogen-bond donors (Lipinski definition) is 1. The summed E-state index contributed by atoms with van der Waals surface area (Å²) in [7, 11) is -2.85. The fourth-order valence-electron chi connectivity index (χ4n) is 3.62. The summed E-state index contributed by atoms with van der Waals surface area (Å²) < 4.78 is 15.8. The van der Waals surface area contributed by atoms with Gasteiger partial charge in [0.15, 0.2) is 0 Å².